The van der Waals surface area contributed by atoms with Gasteiger partial charge >= 0.3 is 0 Å². The maximum atomic E-state index is 6.16. The van der Waals surface area contributed by atoms with Gasteiger partial charge in [0.2, 0.25) is 0 Å². The van der Waals surface area contributed by atoms with Gasteiger partial charge in [0.25, 0.3) is 0 Å². The van der Waals surface area contributed by atoms with E-state index in [1.165, 1.54) is 45.1 Å². The zero-order valence-corrected chi connectivity index (χ0v) is 10.1. The Balaban J connectivity index is 1.62. The Morgan fingerprint density at radius 3 is 2.20 bits per heavy atom. The normalized spacial score (nSPS) is 35.6. The first kappa shape index (κ1) is 10.1. The summed E-state index contributed by atoms with van der Waals surface area (Å²) in [6.45, 7) is 6.88. The average molecular weight is 209 g/mol. The fourth-order valence-electron chi connectivity index (χ4n) is 3.91. The Hall–Kier alpha value is -0.0800. The van der Waals surface area contributed by atoms with Gasteiger partial charge in [0.05, 0.1) is 6.61 Å². The summed E-state index contributed by atoms with van der Waals surface area (Å²) in [7, 11) is 0. The summed E-state index contributed by atoms with van der Waals surface area (Å²) in [4.78, 5) is 0. The summed E-state index contributed by atoms with van der Waals surface area (Å²) in [5.41, 5.74) is 1.06. The fraction of sp³-hybridized carbons (Fsp3) is 1.00. The molecule has 2 saturated carbocycles. The molecule has 1 N–H and O–H groups in total. The molecule has 2 nitrogen and oxygen atoms in total. The minimum atomic E-state index is 0.0668. The van der Waals surface area contributed by atoms with Gasteiger partial charge in [-0.05, 0) is 31.1 Å². The highest BCUT2D eigenvalue weighted by Crippen LogP contribution is 2.52. The topological polar surface area (TPSA) is 21.3 Å². The van der Waals surface area contributed by atoms with Crippen molar-refractivity contribution >= 4 is 0 Å². The van der Waals surface area contributed by atoms with E-state index in [4.69, 9.17) is 4.74 Å². The van der Waals surface area contributed by atoms with Crippen LogP contribution in [0.15, 0.2) is 0 Å². The molecule has 0 amide bonds. The summed E-state index contributed by atoms with van der Waals surface area (Å²) >= 11 is 0. The van der Waals surface area contributed by atoms with Crippen LogP contribution >= 0.6 is 0 Å². The van der Waals surface area contributed by atoms with Crippen molar-refractivity contribution < 1.29 is 4.74 Å². The summed E-state index contributed by atoms with van der Waals surface area (Å²) in [6.07, 6.45) is 7.94. The van der Waals surface area contributed by atoms with Gasteiger partial charge in [-0.15, -0.1) is 0 Å². The maximum absolute atomic E-state index is 6.16. The highest BCUT2D eigenvalue weighted by Gasteiger charge is 2.54. The van der Waals surface area contributed by atoms with Crippen LogP contribution in [0.5, 0.6) is 0 Å². The van der Waals surface area contributed by atoms with Crippen LogP contribution in [0.2, 0.25) is 0 Å². The third-order valence-corrected chi connectivity index (χ3v) is 4.63. The number of hydrogen-bond acceptors (Lipinski definition) is 2. The van der Waals surface area contributed by atoms with E-state index in [-0.39, 0.29) is 5.72 Å². The number of hydrogen-bond donors (Lipinski definition) is 1. The van der Waals surface area contributed by atoms with Crippen molar-refractivity contribution in [1.82, 2.24) is 5.32 Å². The van der Waals surface area contributed by atoms with Crippen molar-refractivity contribution in [2.24, 2.45) is 10.8 Å². The van der Waals surface area contributed by atoms with E-state index in [9.17, 15) is 0 Å². The van der Waals surface area contributed by atoms with Gasteiger partial charge in [-0.25, -0.2) is 0 Å². The Morgan fingerprint density at radius 2 is 1.73 bits per heavy atom. The largest absolute Gasteiger partial charge is 0.360 e. The van der Waals surface area contributed by atoms with Gasteiger partial charge in [0.15, 0.2) is 0 Å². The lowest BCUT2D eigenvalue weighted by Gasteiger charge is -2.57. The molecule has 0 radical (unpaired) electrons. The monoisotopic (exact) mass is 209 g/mol. The zero-order valence-electron chi connectivity index (χ0n) is 10.1. The van der Waals surface area contributed by atoms with E-state index in [0.29, 0.717) is 10.8 Å². The van der Waals surface area contributed by atoms with Gasteiger partial charge in [-0.1, -0.05) is 26.7 Å². The second-order valence-corrected chi connectivity index (χ2v) is 6.86. The van der Waals surface area contributed by atoms with Gasteiger partial charge in [-0.2, -0.15) is 0 Å². The molecule has 3 aliphatic rings. The van der Waals surface area contributed by atoms with Crippen molar-refractivity contribution in [1.29, 1.82) is 0 Å². The first-order valence-corrected chi connectivity index (χ1v) is 6.42. The highest BCUT2D eigenvalue weighted by atomic mass is 16.5. The smallest absolute Gasteiger partial charge is 0.120 e. The van der Waals surface area contributed by atoms with E-state index < -0.39 is 0 Å². The molecule has 0 bridgehead atoms. The molecular formula is C13H23NO. The molecule has 1 saturated heterocycles. The molecule has 0 aromatic rings. The minimum absolute atomic E-state index is 0.0668. The summed E-state index contributed by atoms with van der Waals surface area (Å²) in [5.74, 6) is 0. The Kier molecular flexibility index (Phi) is 2.01. The summed E-state index contributed by atoms with van der Waals surface area (Å²) in [5, 5.41) is 3.70. The van der Waals surface area contributed by atoms with Gasteiger partial charge in [0.1, 0.15) is 5.72 Å². The van der Waals surface area contributed by atoms with E-state index in [2.05, 4.69) is 19.2 Å². The Morgan fingerprint density at radius 1 is 1.07 bits per heavy atom. The van der Waals surface area contributed by atoms with E-state index >= 15 is 0 Å². The SMILES string of the molecule is CC1(C)CC2(C1)NCC1(CCCC1)CO2. The van der Waals surface area contributed by atoms with Crippen LogP contribution in [0.1, 0.15) is 52.4 Å². The lowest BCUT2D eigenvalue weighted by molar-refractivity contribution is -0.223. The van der Waals surface area contributed by atoms with Crippen LogP contribution in [0.4, 0.5) is 0 Å². The molecule has 3 fully saturated rings. The van der Waals surface area contributed by atoms with E-state index in [0.717, 1.165) is 6.61 Å². The van der Waals surface area contributed by atoms with Crippen LogP contribution in [-0.4, -0.2) is 18.9 Å². The number of rotatable bonds is 0. The van der Waals surface area contributed by atoms with Crippen molar-refractivity contribution in [3.63, 3.8) is 0 Å². The lowest BCUT2D eigenvalue weighted by Crippen LogP contribution is -2.66. The predicted octanol–water partition coefficient (Wildman–Crippen LogP) is 2.68. The summed E-state index contributed by atoms with van der Waals surface area (Å²) < 4.78 is 6.16. The van der Waals surface area contributed by atoms with Crippen LogP contribution < -0.4 is 5.32 Å². The van der Waals surface area contributed by atoms with Gasteiger partial charge in [0, 0.05) is 12.0 Å². The van der Waals surface area contributed by atoms with Crippen molar-refractivity contribution in [3.8, 4) is 0 Å². The second kappa shape index (κ2) is 2.98. The fourth-order valence-corrected chi connectivity index (χ4v) is 3.91. The van der Waals surface area contributed by atoms with Gasteiger partial charge in [-0.3, -0.25) is 5.32 Å². The third kappa shape index (κ3) is 1.62. The van der Waals surface area contributed by atoms with Crippen LogP contribution in [0, 0.1) is 10.8 Å². The molecule has 86 valence electrons. The molecule has 0 atom stereocenters. The van der Waals surface area contributed by atoms with Crippen LogP contribution in [0.3, 0.4) is 0 Å². The molecule has 1 heterocycles. The van der Waals surface area contributed by atoms with Crippen LogP contribution in [0.25, 0.3) is 0 Å². The molecule has 2 aliphatic carbocycles. The molecule has 0 aromatic carbocycles. The Labute approximate surface area is 92.8 Å². The number of ether oxygens (including phenoxy) is 1. The lowest BCUT2D eigenvalue weighted by atomic mass is 9.64. The maximum Gasteiger partial charge on any atom is 0.120 e. The van der Waals surface area contributed by atoms with Crippen LogP contribution in [-0.2, 0) is 4.74 Å². The van der Waals surface area contributed by atoms with E-state index in [1.807, 2.05) is 0 Å². The molecule has 0 aromatic heterocycles. The molecule has 0 unspecified atom stereocenters. The molecule has 1 aliphatic heterocycles. The molecule has 3 rings (SSSR count). The number of nitrogens with one attached hydrogen (secondary N) is 1. The van der Waals surface area contributed by atoms with Gasteiger partial charge < -0.3 is 4.74 Å². The summed E-state index contributed by atoms with van der Waals surface area (Å²) in [6, 6.07) is 0. The zero-order chi connectivity index (χ0) is 10.6. The molecule has 15 heavy (non-hydrogen) atoms. The standard InChI is InChI=1S/C13H23NO/c1-11(2)7-13(8-11)14-9-12(10-15-13)5-3-4-6-12/h14H,3-10H2,1-2H3. The van der Waals surface area contributed by atoms with Crippen molar-refractivity contribution in [3.05, 3.63) is 0 Å². The van der Waals surface area contributed by atoms with E-state index in [1.54, 1.807) is 0 Å². The van der Waals surface area contributed by atoms with Crippen molar-refractivity contribution in [2.75, 3.05) is 13.2 Å². The average Bonchev–Trinajstić information content (AvgIpc) is 2.57. The second-order valence-electron chi connectivity index (χ2n) is 6.86. The minimum Gasteiger partial charge on any atom is -0.360 e. The quantitative estimate of drug-likeness (QED) is 0.662. The van der Waals surface area contributed by atoms with Crippen molar-refractivity contribution in [2.45, 2.75) is 58.1 Å². The molecule has 2 spiro atoms. The molecular weight excluding hydrogens is 186 g/mol. The molecule has 2 heteroatoms. The first-order valence-electron chi connectivity index (χ1n) is 6.42. The Bertz CT molecular complexity index is 246. The predicted molar refractivity (Wildman–Crippen MR) is 60.6 cm³/mol. The third-order valence-electron chi connectivity index (χ3n) is 4.63. The highest BCUT2D eigenvalue weighted by molar-refractivity contribution is 5.04. The first-order chi connectivity index (χ1) is 7.04.